The van der Waals surface area contributed by atoms with Crippen molar-refractivity contribution in [2.45, 2.75) is 24.7 Å². The minimum absolute atomic E-state index is 0.127. The van der Waals surface area contributed by atoms with Crippen LogP contribution in [0.4, 0.5) is 5.82 Å². The van der Waals surface area contributed by atoms with Gasteiger partial charge < -0.3 is 34.7 Å². The third-order valence-electron chi connectivity index (χ3n) is 6.28. The average Bonchev–Trinajstić information content (AvgIpc) is 3.38. The highest BCUT2D eigenvalue weighted by Gasteiger charge is 2.33. The Balaban J connectivity index is 1.41. The van der Waals surface area contributed by atoms with Crippen LogP contribution >= 0.6 is 11.6 Å². The van der Waals surface area contributed by atoms with Gasteiger partial charge in [-0.1, -0.05) is 29.8 Å². The van der Waals surface area contributed by atoms with Crippen LogP contribution in [0.25, 0.3) is 11.0 Å². The number of aromatic nitrogens is 3. The third-order valence-corrected chi connectivity index (χ3v) is 6.60. The maximum absolute atomic E-state index is 13.6. The third kappa shape index (κ3) is 5.64. The first-order valence-electron chi connectivity index (χ1n) is 12.2. The van der Waals surface area contributed by atoms with Crippen molar-refractivity contribution in [2.75, 3.05) is 31.7 Å². The fraction of sp³-hybridized carbons (Fsp3) is 0.296. The standard InChI is InChI=1S/C27H27ClN4O6/c28-21-10-17(38-16-4-2-1-3-5-16)6-7-19(21)25(35)20-12-29-26-24(20)27(31-15-30-26)32-22-14-37-18(13-34)11-23(22)36-9-8-33/h1-7,10,12,15,18,22-23,33-34H,8-9,11,13-14H2,(H2,29,30,31,32)/t18-,22-,23+/m0/s1. The van der Waals surface area contributed by atoms with E-state index in [1.165, 1.54) is 6.33 Å². The van der Waals surface area contributed by atoms with Gasteiger partial charge in [0, 0.05) is 24.2 Å². The number of ketones is 1. The number of rotatable bonds is 10. The predicted molar refractivity (Wildman–Crippen MR) is 141 cm³/mol. The molecule has 198 valence electrons. The van der Waals surface area contributed by atoms with Crippen LogP contribution in [0.1, 0.15) is 22.3 Å². The summed E-state index contributed by atoms with van der Waals surface area (Å²) < 4.78 is 17.4. The van der Waals surface area contributed by atoms with Crippen molar-refractivity contribution >= 4 is 34.2 Å². The quantitative estimate of drug-likeness (QED) is 0.223. The van der Waals surface area contributed by atoms with Crippen molar-refractivity contribution in [3.8, 4) is 11.5 Å². The molecule has 0 unspecified atom stereocenters. The summed E-state index contributed by atoms with van der Waals surface area (Å²) in [5.41, 5.74) is 1.13. The van der Waals surface area contributed by atoms with Crippen molar-refractivity contribution in [2.24, 2.45) is 0 Å². The van der Waals surface area contributed by atoms with Gasteiger partial charge in [0.2, 0.25) is 0 Å². The zero-order valence-electron chi connectivity index (χ0n) is 20.3. The number of hydrogen-bond acceptors (Lipinski definition) is 9. The maximum atomic E-state index is 13.6. The molecular weight excluding hydrogens is 512 g/mol. The van der Waals surface area contributed by atoms with E-state index in [9.17, 15) is 15.0 Å². The number of fused-ring (bicyclic) bond motifs is 1. The summed E-state index contributed by atoms with van der Waals surface area (Å²) in [6, 6.07) is 13.9. The Morgan fingerprint density at radius 1 is 1.13 bits per heavy atom. The van der Waals surface area contributed by atoms with Gasteiger partial charge in [0.25, 0.3) is 0 Å². The molecule has 11 heteroatoms. The molecule has 0 spiro atoms. The van der Waals surface area contributed by atoms with E-state index in [1.54, 1.807) is 24.4 Å². The van der Waals surface area contributed by atoms with Gasteiger partial charge in [-0.25, -0.2) is 9.97 Å². The molecule has 0 aliphatic carbocycles. The number of H-pyrrole nitrogens is 1. The fourth-order valence-corrected chi connectivity index (χ4v) is 4.69. The second-order valence-electron chi connectivity index (χ2n) is 8.79. The predicted octanol–water partition coefficient (Wildman–Crippen LogP) is 3.57. The molecule has 4 N–H and O–H groups in total. The fourth-order valence-electron chi connectivity index (χ4n) is 4.43. The molecule has 3 heterocycles. The molecule has 0 bridgehead atoms. The van der Waals surface area contributed by atoms with Gasteiger partial charge >= 0.3 is 0 Å². The van der Waals surface area contributed by atoms with E-state index in [0.29, 0.717) is 45.9 Å². The van der Waals surface area contributed by atoms with Crippen molar-refractivity contribution in [3.63, 3.8) is 0 Å². The van der Waals surface area contributed by atoms with E-state index in [2.05, 4.69) is 20.3 Å². The van der Waals surface area contributed by atoms with Gasteiger partial charge in [0.15, 0.2) is 5.78 Å². The Hall–Kier alpha value is -3.54. The molecule has 1 fully saturated rings. The first-order valence-corrected chi connectivity index (χ1v) is 12.6. The number of nitrogens with zero attached hydrogens (tertiary/aromatic N) is 2. The highest BCUT2D eigenvalue weighted by Crippen LogP contribution is 2.32. The minimum atomic E-state index is -0.359. The zero-order valence-corrected chi connectivity index (χ0v) is 21.1. The Morgan fingerprint density at radius 2 is 1.97 bits per heavy atom. The number of hydrogen-bond donors (Lipinski definition) is 4. The molecule has 0 radical (unpaired) electrons. The van der Waals surface area contributed by atoms with Crippen LogP contribution in [0.5, 0.6) is 11.5 Å². The Bertz CT molecular complexity index is 1400. The summed E-state index contributed by atoms with van der Waals surface area (Å²) in [5.74, 6) is 1.28. The number of nitrogens with one attached hydrogen (secondary N) is 2. The largest absolute Gasteiger partial charge is 0.457 e. The molecule has 4 aromatic rings. The molecule has 0 amide bonds. The van der Waals surface area contributed by atoms with Crippen molar-refractivity contribution in [1.82, 2.24) is 15.0 Å². The molecule has 1 saturated heterocycles. The van der Waals surface area contributed by atoms with E-state index in [-0.39, 0.29) is 55.5 Å². The number of aliphatic hydroxyl groups excluding tert-OH is 2. The van der Waals surface area contributed by atoms with Crippen molar-refractivity contribution in [1.29, 1.82) is 0 Å². The number of anilines is 1. The first-order chi connectivity index (χ1) is 18.6. The maximum Gasteiger partial charge on any atom is 0.196 e. The smallest absolute Gasteiger partial charge is 0.196 e. The van der Waals surface area contributed by atoms with Gasteiger partial charge in [-0.05, 0) is 24.3 Å². The SMILES string of the molecule is O=C(c1ccc(Oc2ccccc2)cc1Cl)c1c[nH]c2ncnc(N[C@H]3CO[C@H](CO)C[C@H]3OCCO)c12. The van der Waals surface area contributed by atoms with Crippen LogP contribution in [0.15, 0.2) is 61.1 Å². The second kappa shape index (κ2) is 11.9. The molecule has 38 heavy (non-hydrogen) atoms. The summed E-state index contributed by atoms with van der Waals surface area (Å²) in [6.07, 6.45) is 2.71. The summed E-state index contributed by atoms with van der Waals surface area (Å²) in [7, 11) is 0. The summed E-state index contributed by atoms with van der Waals surface area (Å²) >= 11 is 6.52. The van der Waals surface area contributed by atoms with Gasteiger partial charge in [0.1, 0.15) is 29.3 Å². The summed E-state index contributed by atoms with van der Waals surface area (Å²) in [5, 5.41) is 22.8. The Labute approximate surface area is 223 Å². The second-order valence-corrected chi connectivity index (χ2v) is 9.20. The zero-order chi connectivity index (χ0) is 26.5. The van der Waals surface area contributed by atoms with Crippen LogP contribution in [0.3, 0.4) is 0 Å². The summed E-state index contributed by atoms with van der Waals surface area (Å²) in [6.45, 7) is 0.139. The van der Waals surface area contributed by atoms with Gasteiger partial charge in [-0.15, -0.1) is 0 Å². The lowest BCUT2D eigenvalue weighted by Gasteiger charge is -2.36. The Morgan fingerprint density at radius 3 is 2.74 bits per heavy atom. The van der Waals surface area contributed by atoms with E-state index in [1.807, 2.05) is 30.3 Å². The molecule has 2 aromatic heterocycles. The number of benzene rings is 2. The number of para-hydroxylation sites is 1. The monoisotopic (exact) mass is 538 g/mol. The van der Waals surface area contributed by atoms with Crippen LogP contribution in [0, 0.1) is 0 Å². The van der Waals surface area contributed by atoms with Crippen LogP contribution in [-0.4, -0.2) is 75.6 Å². The highest BCUT2D eigenvalue weighted by atomic mass is 35.5. The number of aliphatic hydroxyl groups is 2. The van der Waals surface area contributed by atoms with Crippen molar-refractivity contribution < 1.29 is 29.2 Å². The van der Waals surface area contributed by atoms with Crippen molar-refractivity contribution in [3.05, 3.63) is 77.2 Å². The number of carbonyl (C=O) groups is 1. The Kier molecular flexibility index (Phi) is 8.16. The summed E-state index contributed by atoms with van der Waals surface area (Å²) in [4.78, 5) is 25.3. The van der Waals surface area contributed by atoms with Gasteiger partial charge in [-0.3, -0.25) is 4.79 Å². The normalized spacial score (nSPS) is 19.4. The highest BCUT2D eigenvalue weighted by molar-refractivity contribution is 6.35. The molecule has 1 aliphatic heterocycles. The topological polar surface area (TPSA) is 139 Å². The number of aromatic amines is 1. The van der Waals surface area contributed by atoms with E-state index in [4.69, 9.17) is 25.8 Å². The molecule has 5 rings (SSSR count). The lowest BCUT2D eigenvalue weighted by molar-refractivity contribution is -0.0982. The first kappa shape index (κ1) is 26.1. The lowest BCUT2D eigenvalue weighted by atomic mass is 10.0. The van der Waals surface area contributed by atoms with E-state index in [0.717, 1.165) is 0 Å². The van der Waals surface area contributed by atoms with E-state index < -0.39 is 0 Å². The van der Waals surface area contributed by atoms with Crippen LogP contribution < -0.4 is 10.1 Å². The van der Waals surface area contributed by atoms with Gasteiger partial charge in [0.05, 0.1) is 60.6 Å². The number of ether oxygens (including phenoxy) is 3. The molecule has 0 saturated carbocycles. The molecule has 1 aliphatic rings. The molecule has 2 aromatic carbocycles. The number of halogens is 1. The lowest BCUT2D eigenvalue weighted by Crippen LogP contribution is -2.48. The molecular formula is C27H27ClN4O6. The minimum Gasteiger partial charge on any atom is -0.457 e. The van der Waals surface area contributed by atoms with Gasteiger partial charge in [-0.2, -0.15) is 0 Å². The average molecular weight is 539 g/mol. The molecule has 3 atom stereocenters. The van der Waals surface area contributed by atoms with Crippen LogP contribution in [0.2, 0.25) is 5.02 Å². The van der Waals surface area contributed by atoms with Crippen LogP contribution in [-0.2, 0) is 9.47 Å². The number of carbonyl (C=O) groups excluding carboxylic acids is 1. The van der Waals surface area contributed by atoms with E-state index >= 15 is 0 Å². The molecule has 10 nitrogen and oxygen atoms in total.